The molecule has 6 nitrogen and oxygen atoms in total. The number of ether oxygens (including phenoxy) is 2. The Balaban J connectivity index is 0.00000261. The average molecular weight is 503 g/mol. The zero-order chi connectivity index (χ0) is 18.2. The number of nitrogens with zero attached hydrogens (tertiary/aromatic N) is 2. The van der Waals surface area contributed by atoms with Gasteiger partial charge in [-0.25, -0.2) is 0 Å². The standard InChI is InChI=1S/C19H23ClN4O2.HI/c1-21-19(24-9-6-15-4-2-3-7-22-15)23-8-5-14-12-16(20)18-17(13-14)25-10-11-26-18;/h2-4,7,12-13H,5-6,8-11H2,1H3,(H2,21,23,24);1H. The molecule has 0 fully saturated rings. The van der Waals surface area contributed by atoms with Crippen LogP contribution in [0.5, 0.6) is 11.5 Å². The summed E-state index contributed by atoms with van der Waals surface area (Å²) in [6.45, 7) is 2.59. The van der Waals surface area contributed by atoms with Crippen molar-refractivity contribution in [3.63, 3.8) is 0 Å². The van der Waals surface area contributed by atoms with Gasteiger partial charge < -0.3 is 20.1 Å². The Morgan fingerprint density at radius 1 is 1.15 bits per heavy atom. The first kappa shape index (κ1) is 21.6. The van der Waals surface area contributed by atoms with E-state index in [-0.39, 0.29) is 24.0 Å². The SMILES string of the molecule is CN=C(NCCc1cc(Cl)c2c(c1)OCCO2)NCCc1ccccn1.I. The van der Waals surface area contributed by atoms with E-state index in [0.717, 1.165) is 48.9 Å². The zero-order valence-corrected chi connectivity index (χ0v) is 18.3. The van der Waals surface area contributed by atoms with Crippen molar-refractivity contribution in [1.82, 2.24) is 15.6 Å². The minimum Gasteiger partial charge on any atom is -0.486 e. The highest BCUT2D eigenvalue weighted by Gasteiger charge is 2.16. The molecular formula is C19H24ClIN4O2. The quantitative estimate of drug-likeness (QED) is 0.361. The Morgan fingerprint density at radius 2 is 1.93 bits per heavy atom. The van der Waals surface area contributed by atoms with Crippen molar-refractivity contribution in [2.24, 2.45) is 4.99 Å². The Labute approximate surface area is 181 Å². The van der Waals surface area contributed by atoms with Gasteiger partial charge in [-0.15, -0.1) is 24.0 Å². The lowest BCUT2D eigenvalue weighted by molar-refractivity contribution is 0.171. The van der Waals surface area contributed by atoms with Gasteiger partial charge in [0.05, 0.1) is 5.02 Å². The van der Waals surface area contributed by atoms with Gasteiger partial charge in [0.1, 0.15) is 13.2 Å². The van der Waals surface area contributed by atoms with Crippen molar-refractivity contribution in [1.29, 1.82) is 0 Å². The number of hydrogen-bond acceptors (Lipinski definition) is 4. The number of nitrogens with one attached hydrogen (secondary N) is 2. The lowest BCUT2D eigenvalue weighted by Gasteiger charge is -2.20. The largest absolute Gasteiger partial charge is 0.486 e. The molecular weight excluding hydrogens is 479 g/mol. The van der Waals surface area contributed by atoms with Crippen LogP contribution in [-0.4, -0.2) is 44.3 Å². The van der Waals surface area contributed by atoms with Gasteiger partial charge in [0.2, 0.25) is 0 Å². The predicted molar refractivity (Wildman–Crippen MR) is 119 cm³/mol. The number of rotatable bonds is 6. The molecule has 2 N–H and O–H groups in total. The molecule has 0 atom stereocenters. The molecule has 8 heteroatoms. The van der Waals surface area contributed by atoms with E-state index in [9.17, 15) is 0 Å². The molecule has 146 valence electrons. The van der Waals surface area contributed by atoms with Crippen LogP contribution in [0.2, 0.25) is 5.02 Å². The van der Waals surface area contributed by atoms with Crippen molar-refractivity contribution >= 4 is 41.5 Å². The van der Waals surface area contributed by atoms with Crippen molar-refractivity contribution < 1.29 is 9.47 Å². The van der Waals surface area contributed by atoms with Crippen LogP contribution < -0.4 is 20.1 Å². The number of guanidine groups is 1. The third kappa shape index (κ3) is 6.42. The van der Waals surface area contributed by atoms with E-state index in [4.69, 9.17) is 21.1 Å². The lowest BCUT2D eigenvalue weighted by atomic mass is 10.1. The normalized spacial score (nSPS) is 12.9. The van der Waals surface area contributed by atoms with Gasteiger partial charge in [0.25, 0.3) is 0 Å². The van der Waals surface area contributed by atoms with Gasteiger partial charge >= 0.3 is 0 Å². The Bertz CT molecular complexity index is 759. The molecule has 2 heterocycles. The zero-order valence-electron chi connectivity index (χ0n) is 15.2. The monoisotopic (exact) mass is 502 g/mol. The second kappa shape index (κ2) is 11.2. The van der Waals surface area contributed by atoms with Crippen LogP contribution in [0.25, 0.3) is 0 Å². The summed E-state index contributed by atoms with van der Waals surface area (Å²) in [4.78, 5) is 8.55. The Morgan fingerprint density at radius 3 is 2.67 bits per heavy atom. The van der Waals surface area contributed by atoms with Crippen molar-refractivity contribution in [3.8, 4) is 11.5 Å². The fourth-order valence-electron chi connectivity index (χ4n) is 2.71. The summed E-state index contributed by atoms with van der Waals surface area (Å²) in [6, 6.07) is 9.84. The van der Waals surface area contributed by atoms with E-state index >= 15 is 0 Å². The third-order valence-corrected chi connectivity index (χ3v) is 4.27. The van der Waals surface area contributed by atoms with Crippen LogP contribution in [0.4, 0.5) is 0 Å². The molecule has 27 heavy (non-hydrogen) atoms. The van der Waals surface area contributed by atoms with Gasteiger partial charge in [0, 0.05) is 38.4 Å². The van der Waals surface area contributed by atoms with E-state index in [0.29, 0.717) is 24.0 Å². The number of fused-ring (bicyclic) bond motifs is 1. The topological polar surface area (TPSA) is 67.8 Å². The summed E-state index contributed by atoms with van der Waals surface area (Å²) < 4.78 is 11.2. The van der Waals surface area contributed by atoms with Gasteiger partial charge in [-0.1, -0.05) is 17.7 Å². The van der Waals surface area contributed by atoms with E-state index in [1.54, 1.807) is 13.2 Å². The number of halogens is 2. The van der Waals surface area contributed by atoms with Crippen LogP contribution in [-0.2, 0) is 12.8 Å². The molecule has 1 aromatic carbocycles. The first-order valence-electron chi connectivity index (χ1n) is 8.68. The Hall–Kier alpha value is -1.74. The molecule has 2 aromatic rings. The summed E-state index contributed by atoms with van der Waals surface area (Å²) >= 11 is 6.28. The van der Waals surface area contributed by atoms with Crippen molar-refractivity contribution in [2.75, 3.05) is 33.4 Å². The molecule has 0 saturated heterocycles. The third-order valence-electron chi connectivity index (χ3n) is 3.99. The molecule has 0 aliphatic carbocycles. The molecule has 0 bridgehead atoms. The fourth-order valence-corrected chi connectivity index (χ4v) is 3.00. The van der Waals surface area contributed by atoms with Gasteiger partial charge in [-0.3, -0.25) is 9.98 Å². The maximum atomic E-state index is 6.28. The minimum absolute atomic E-state index is 0. The average Bonchev–Trinajstić information content (AvgIpc) is 2.68. The van der Waals surface area contributed by atoms with E-state index in [2.05, 4.69) is 20.6 Å². The van der Waals surface area contributed by atoms with Gasteiger partial charge in [-0.2, -0.15) is 0 Å². The maximum Gasteiger partial charge on any atom is 0.190 e. The molecule has 0 radical (unpaired) electrons. The highest BCUT2D eigenvalue weighted by molar-refractivity contribution is 14.0. The lowest BCUT2D eigenvalue weighted by Crippen LogP contribution is -2.39. The summed E-state index contributed by atoms with van der Waals surface area (Å²) in [6.07, 6.45) is 3.46. The van der Waals surface area contributed by atoms with E-state index < -0.39 is 0 Å². The molecule has 0 saturated carbocycles. The fraction of sp³-hybridized carbons (Fsp3) is 0.368. The van der Waals surface area contributed by atoms with Crippen LogP contribution in [0.3, 0.4) is 0 Å². The highest BCUT2D eigenvalue weighted by Crippen LogP contribution is 2.38. The van der Waals surface area contributed by atoms with E-state index in [1.807, 2.05) is 30.3 Å². The maximum absolute atomic E-state index is 6.28. The molecule has 0 spiro atoms. The first-order valence-corrected chi connectivity index (χ1v) is 9.06. The number of benzene rings is 1. The summed E-state index contributed by atoms with van der Waals surface area (Å²) in [7, 11) is 1.76. The summed E-state index contributed by atoms with van der Waals surface area (Å²) in [5.74, 6) is 2.13. The Kier molecular flexibility index (Phi) is 8.93. The molecule has 1 aliphatic heterocycles. The van der Waals surface area contributed by atoms with Crippen LogP contribution in [0, 0.1) is 0 Å². The van der Waals surface area contributed by atoms with Crippen LogP contribution in [0.15, 0.2) is 41.5 Å². The van der Waals surface area contributed by atoms with Crippen LogP contribution in [0.1, 0.15) is 11.3 Å². The van der Waals surface area contributed by atoms with Gasteiger partial charge in [-0.05, 0) is 36.2 Å². The molecule has 1 aliphatic rings. The molecule has 3 rings (SSSR count). The van der Waals surface area contributed by atoms with Crippen LogP contribution >= 0.6 is 35.6 Å². The number of aromatic nitrogens is 1. The number of aliphatic imine (C=N–C) groups is 1. The smallest absolute Gasteiger partial charge is 0.190 e. The number of hydrogen-bond donors (Lipinski definition) is 2. The molecule has 0 unspecified atom stereocenters. The first-order chi connectivity index (χ1) is 12.8. The molecule has 0 amide bonds. The number of pyridine rings is 1. The minimum atomic E-state index is 0. The summed E-state index contributed by atoms with van der Waals surface area (Å²) in [5, 5.41) is 7.19. The molecule has 1 aromatic heterocycles. The second-order valence-electron chi connectivity index (χ2n) is 5.85. The van der Waals surface area contributed by atoms with E-state index in [1.165, 1.54) is 0 Å². The highest BCUT2D eigenvalue weighted by atomic mass is 127. The predicted octanol–water partition coefficient (Wildman–Crippen LogP) is 3.07. The van der Waals surface area contributed by atoms with Crippen molar-refractivity contribution in [2.45, 2.75) is 12.8 Å². The second-order valence-corrected chi connectivity index (χ2v) is 6.26. The van der Waals surface area contributed by atoms with Gasteiger partial charge in [0.15, 0.2) is 17.5 Å². The summed E-state index contributed by atoms with van der Waals surface area (Å²) in [5.41, 5.74) is 2.15. The van der Waals surface area contributed by atoms with Crippen molar-refractivity contribution in [3.05, 3.63) is 52.8 Å².